The Labute approximate surface area is 143 Å². The molecular weight excluding hydrogens is 302 g/mol. The Bertz CT molecular complexity index is 639. The molecule has 0 saturated carbocycles. The van der Waals surface area contributed by atoms with Gasteiger partial charge >= 0.3 is 0 Å². The maximum Gasteiger partial charge on any atom is 0.161 e. The zero-order valence-corrected chi connectivity index (χ0v) is 14.5. The molecule has 0 heterocycles. The molecule has 128 valence electrons. The summed E-state index contributed by atoms with van der Waals surface area (Å²) < 4.78 is 16.7. The van der Waals surface area contributed by atoms with E-state index < -0.39 is 0 Å². The number of nitrogens with one attached hydrogen (secondary N) is 1. The van der Waals surface area contributed by atoms with Gasteiger partial charge in [-0.25, -0.2) is 0 Å². The fourth-order valence-corrected chi connectivity index (χ4v) is 3.20. The van der Waals surface area contributed by atoms with Crippen molar-refractivity contribution in [2.75, 3.05) is 20.8 Å². The van der Waals surface area contributed by atoms with Crippen molar-refractivity contribution in [2.24, 2.45) is 0 Å². The van der Waals surface area contributed by atoms with Gasteiger partial charge in [-0.1, -0.05) is 18.2 Å². The van der Waals surface area contributed by atoms with Crippen LogP contribution in [0.15, 0.2) is 42.5 Å². The summed E-state index contributed by atoms with van der Waals surface area (Å²) in [6.45, 7) is 2.91. The molecule has 3 rings (SSSR count). The van der Waals surface area contributed by atoms with Crippen LogP contribution in [0.2, 0.25) is 0 Å². The molecular formula is C20H25NO3. The summed E-state index contributed by atoms with van der Waals surface area (Å²) in [6, 6.07) is 14.6. The predicted molar refractivity (Wildman–Crippen MR) is 95.3 cm³/mol. The van der Waals surface area contributed by atoms with Crippen molar-refractivity contribution in [3.05, 3.63) is 53.6 Å². The average molecular weight is 327 g/mol. The molecule has 0 spiro atoms. The van der Waals surface area contributed by atoms with Crippen LogP contribution in [0.3, 0.4) is 0 Å². The summed E-state index contributed by atoms with van der Waals surface area (Å²) >= 11 is 0. The van der Waals surface area contributed by atoms with E-state index in [1.807, 2.05) is 30.3 Å². The van der Waals surface area contributed by atoms with Gasteiger partial charge in [0.05, 0.1) is 14.2 Å². The van der Waals surface area contributed by atoms with E-state index in [1.54, 1.807) is 14.2 Å². The minimum atomic E-state index is 0.125. The van der Waals surface area contributed by atoms with Crippen molar-refractivity contribution in [2.45, 2.75) is 31.9 Å². The van der Waals surface area contributed by atoms with Crippen LogP contribution >= 0.6 is 0 Å². The molecule has 0 amide bonds. The fourth-order valence-electron chi connectivity index (χ4n) is 3.20. The van der Waals surface area contributed by atoms with Crippen molar-refractivity contribution in [3.63, 3.8) is 0 Å². The van der Waals surface area contributed by atoms with Gasteiger partial charge < -0.3 is 19.5 Å². The number of ether oxygens (including phenoxy) is 3. The lowest BCUT2D eigenvalue weighted by Gasteiger charge is -2.18. The van der Waals surface area contributed by atoms with Crippen molar-refractivity contribution < 1.29 is 14.2 Å². The number of fused-ring (bicyclic) bond motifs is 1. The number of rotatable bonds is 7. The van der Waals surface area contributed by atoms with E-state index in [-0.39, 0.29) is 6.10 Å². The van der Waals surface area contributed by atoms with Crippen LogP contribution in [0.5, 0.6) is 17.2 Å². The molecule has 1 aliphatic carbocycles. The molecule has 1 N–H and O–H groups in total. The molecule has 0 radical (unpaired) electrons. The molecule has 1 atom stereocenters. The van der Waals surface area contributed by atoms with E-state index in [0.29, 0.717) is 6.04 Å². The van der Waals surface area contributed by atoms with Crippen LogP contribution in [0.4, 0.5) is 0 Å². The first-order valence-corrected chi connectivity index (χ1v) is 8.38. The SMILES string of the molecule is COc1cc2c(cc1OC)CC(NCC(C)Oc1ccccc1)C2. The molecule has 0 aliphatic heterocycles. The number of hydrogen-bond donors (Lipinski definition) is 1. The summed E-state index contributed by atoms with van der Waals surface area (Å²) in [7, 11) is 3.36. The van der Waals surface area contributed by atoms with Gasteiger partial charge in [0, 0.05) is 12.6 Å². The van der Waals surface area contributed by atoms with E-state index in [0.717, 1.165) is 36.6 Å². The predicted octanol–water partition coefficient (Wildman–Crippen LogP) is 3.23. The largest absolute Gasteiger partial charge is 0.493 e. The Morgan fingerprint density at radius 3 is 2.12 bits per heavy atom. The molecule has 24 heavy (non-hydrogen) atoms. The number of benzene rings is 2. The zero-order chi connectivity index (χ0) is 16.9. The summed E-state index contributed by atoms with van der Waals surface area (Å²) in [4.78, 5) is 0. The highest BCUT2D eigenvalue weighted by Crippen LogP contribution is 2.34. The Morgan fingerprint density at radius 2 is 1.58 bits per heavy atom. The van der Waals surface area contributed by atoms with Gasteiger partial charge in [-0.05, 0) is 55.2 Å². The second kappa shape index (κ2) is 7.58. The van der Waals surface area contributed by atoms with Crippen LogP contribution in [-0.4, -0.2) is 32.9 Å². The Balaban J connectivity index is 1.54. The van der Waals surface area contributed by atoms with E-state index in [4.69, 9.17) is 14.2 Å². The molecule has 0 fully saturated rings. The third-order valence-corrected chi connectivity index (χ3v) is 4.41. The molecule has 0 aromatic heterocycles. The minimum Gasteiger partial charge on any atom is -0.493 e. The first-order valence-electron chi connectivity index (χ1n) is 8.38. The second-order valence-electron chi connectivity index (χ2n) is 6.23. The van der Waals surface area contributed by atoms with Gasteiger partial charge in [0.25, 0.3) is 0 Å². The van der Waals surface area contributed by atoms with Crippen LogP contribution in [0.25, 0.3) is 0 Å². The fraction of sp³-hybridized carbons (Fsp3) is 0.400. The summed E-state index contributed by atoms with van der Waals surface area (Å²) in [5.41, 5.74) is 2.67. The van der Waals surface area contributed by atoms with Gasteiger partial charge in [-0.2, -0.15) is 0 Å². The quantitative estimate of drug-likeness (QED) is 0.847. The lowest BCUT2D eigenvalue weighted by molar-refractivity contribution is 0.212. The Morgan fingerprint density at radius 1 is 1.00 bits per heavy atom. The number of para-hydroxylation sites is 1. The molecule has 1 unspecified atom stereocenters. The highest BCUT2D eigenvalue weighted by molar-refractivity contribution is 5.49. The maximum absolute atomic E-state index is 5.92. The van der Waals surface area contributed by atoms with Crippen molar-refractivity contribution in [1.29, 1.82) is 0 Å². The third kappa shape index (κ3) is 3.82. The third-order valence-electron chi connectivity index (χ3n) is 4.41. The van der Waals surface area contributed by atoms with Crippen LogP contribution in [-0.2, 0) is 12.8 Å². The molecule has 2 aromatic carbocycles. The van der Waals surface area contributed by atoms with E-state index in [9.17, 15) is 0 Å². The standard InChI is InChI=1S/C20H25NO3/c1-14(24-18-7-5-4-6-8-18)13-21-17-9-15-11-19(22-2)20(23-3)12-16(15)10-17/h4-8,11-12,14,17,21H,9-10,13H2,1-3H3. The highest BCUT2D eigenvalue weighted by Gasteiger charge is 2.24. The summed E-state index contributed by atoms with van der Waals surface area (Å²) in [5.74, 6) is 2.52. The maximum atomic E-state index is 5.92. The van der Waals surface area contributed by atoms with Gasteiger partial charge in [-0.3, -0.25) is 0 Å². The first-order chi connectivity index (χ1) is 11.7. The molecule has 2 aromatic rings. The molecule has 0 bridgehead atoms. The van der Waals surface area contributed by atoms with Crippen molar-refractivity contribution in [3.8, 4) is 17.2 Å². The highest BCUT2D eigenvalue weighted by atomic mass is 16.5. The van der Waals surface area contributed by atoms with Crippen molar-refractivity contribution in [1.82, 2.24) is 5.32 Å². The topological polar surface area (TPSA) is 39.7 Å². The van der Waals surface area contributed by atoms with Gasteiger partial charge in [0.2, 0.25) is 0 Å². The number of hydrogen-bond acceptors (Lipinski definition) is 4. The van der Waals surface area contributed by atoms with E-state index in [1.165, 1.54) is 11.1 Å². The van der Waals surface area contributed by atoms with Gasteiger partial charge in [-0.15, -0.1) is 0 Å². The zero-order valence-electron chi connectivity index (χ0n) is 14.5. The van der Waals surface area contributed by atoms with Crippen LogP contribution in [0.1, 0.15) is 18.1 Å². The Kier molecular flexibility index (Phi) is 5.26. The molecule has 0 saturated heterocycles. The Hall–Kier alpha value is -2.20. The smallest absolute Gasteiger partial charge is 0.161 e. The van der Waals surface area contributed by atoms with Crippen LogP contribution < -0.4 is 19.5 Å². The summed E-state index contributed by atoms with van der Waals surface area (Å²) in [6.07, 6.45) is 2.14. The monoisotopic (exact) mass is 327 g/mol. The van der Waals surface area contributed by atoms with Crippen molar-refractivity contribution >= 4 is 0 Å². The van der Waals surface area contributed by atoms with Gasteiger partial charge in [0.15, 0.2) is 11.5 Å². The van der Waals surface area contributed by atoms with Gasteiger partial charge in [0.1, 0.15) is 11.9 Å². The first kappa shape index (κ1) is 16.7. The lowest BCUT2D eigenvalue weighted by Crippen LogP contribution is -2.37. The lowest BCUT2D eigenvalue weighted by atomic mass is 10.1. The number of methoxy groups -OCH3 is 2. The van der Waals surface area contributed by atoms with E-state index in [2.05, 4.69) is 24.4 Å². The van der Waals surface area contributed by atoms with Crippen LogP contribution in [0, 0.1) is 0 Å². The summed E-state index contributed by atoms with van der Waals surface area (Å²) in [5, 5.41) is 3.62. The van der Waals surface area contributed by atoms with E-state index >= 15 is 0 Å². The molecule has 1 aliphatic rings. The molecule has 4 nitrogen and oxygen atoms in total. The minimum absolute atomic E-state index is 0.125. The average Bonchev–Trinajstić information content (AvgIpc) is 3.01. The normalized spacial score (nSPS) is 15.0. The second-order valence-corrected chi connectivity index (χ2v) is 6.23. The molecule has 4 heteroatoms.